The Morgan fingerprint density at radius 2 is 1.47 bits per heavy atom. The third kappa shape index (κ3) is 4.06. The van der Waals surface area contributed by atoms with Gasteiger partial charge < -0.3 is 9.47 Å². The molecule has 0 fully saturated rings. The van der Waals surface area contributed by atoms with Crippen LogP contribution in [0.2, 0.25) is 0 Å². The van der Waals surface area contributed by atoms with Crippen LogP contribution in [0.3, 0.4) is 0 Å². The molecule has 0 aliphatic heterocycles. The number of hydrogen-bond acceptors (Lipinski definition) is 6. The lowest BCUT2D eigenvalue weighted by Gasteiger charge is -2.16. The second-order valence-corrected chi connectivity index (χ2v) is 7.80. The molecule has 0 N–H and O–H groups in total. The maximum absolute atomic E-state index is 11.3. The Labute approximate surface area is 198 Å². The molecule has 0 radical (unpaired) electrons. The van der Waals surface area contributed by atoms with Crippen LogP contribution in [0.25, 0.3) is 33.6 Å². The van der Waals surface area contributed by atoms with Gasteiger partial charge in [0.2, 0.25) is 5.88 Å². The van der Waals surface area contributed by atoms with Gasteiger partial charge in [0.05, 0.1) is 36.7 Å². The van der Waals surface area contributed by atoms with Crippen LogP contribution >= 0.6 is 0 Å². The van der Waals surface area contributed by atoms with Gasteiger partial charge in [-0.25, -0.2) is 4.98 Å². The van der Waals surface area contributed by atoms with E-state index in [4.69, 9.17) is 9.47 Å². The van der Waals surface area contributed by atoms with E-state index >= 15 is 0 Å². The summed E-state index contributed by atoms with van der Waals surface area (Å²) in [7, 11) is 3.04. The lowest BCUT2D eigenvalue weighted by atomic mass is 9.91. The van der Waals surface area contributed by atoms with Crippen molar-refractivity contribution in [3.63, 3.8) is 0 Å². The zero-order valence-corrected chi connectivity index (χ0v) is 19.5. The minimum atomic E-state index is 0.299. The molecule has 0 saturated heterocycles. The van der Waals surface area contributed by atoms with E-state index < -0.39 is 0 Å². The van der Waals surface area contributed by atoms with Crippen LogP contribution < -0.4 is 9.47 Å². The molecule has 0 unspecified atom stereocenters. The van der Waals surface area contributed by atoms with E-state index in [9.17, 15) is 9.59 Å². The fourth-order valence-electron chi connectivity index (χ4n) is 4.13. The Morgan fingerprint density at radius 3 is 2.18 bits per heavy atom. The number of pyridine rings is 2. The van der Waals surface area contributed by atoms with Crippen LogP contribution in [0, 0.1) is 13.8 Å². The molecule has 34 heavy (non-hydrogen) atoms. The van der Waals surface area contributed by atoms with E-state index in [-0.39, 0.29) is 0 Å². The van der Waals surface area contributed by atoms with Crippen LogP contribution in [-0.4, -0.2) is 36.8 Å². The molecular formula is C28H24N2O4. The molecule has 2 aromatic carbocycles. The Hall–Kier alpha value is -4.32. The van der Waals surface area contributed by atoms with Gasteiger partial charge in [-0.3, -0.25) is 14.6 Å². The lowest BCUT2D eigenvalue weighted by Crippen LogP contribution is -1.98. The molecule has 6 nitrogen and oxygen atoms in total. The van der Waals surface area contributed by atoms with E-state index in [1.54, 1.807) is 25.4 Å². The SMILES string of the molecule is COc1cc(-c2nccc(-c3cccc(-c4ccc(C=O)c(OC)n4)c3C)c2C)ccc1C=O. The average Bonchev–Trinajstić information content (AvgIpc) is 2.88. The Kier molecular flexibility index (Phi) is 6.50. The predicted octanol–water partition coefficient (Wildman–Crippen LogP) is 5.74. The van der Waals surface area contributed by atoms with Crippen molar-refractivity contribution in [3.8, 4) is 45.3 Å². The van der Waals surface area contributed by atoms with Crippen LogP contribution in [0.15, 0.2) is 60.8 Å². The highest BCUT2D eigenvalue weighted by atomic mass is 16.5. The minimum Gasteiger partial charge on any atom is -0.496 e. The van der Waals surface area contributed by atoms with Gasteiger partial charge in [-0.1, -0.05) is 24.3 Å². The molecule has 4 aromatic rings. The summed E-state index contributed by atoms with van der Waals surface area (Å²) in [5, 5.41) is 0. The minimum absolute atomic E-state index is 0.299. The quantitative estimate of drug-likeness (QED) is 0.333. The van der Waals surface area contributed by atoms with E-state index in [1.807, 2.05) is 50.2 Å². The van der Waals surface area contributed by atoms with Gasteiger partial charge in [0.15, 0.2) is 12.6 Å². The summed E-state index contributed by atoms with van der Waals surface area (Å²) >= 11 is 0. The zero-order chi connectivity index (χ0) is 24.2. The highest BCUT2D eigenvalue weighted by Crippen LogP contribution is 2.36. The van der Waals surface area contributed by atoms with Crippen LogP contribution in [0.5, 0.6) is 11.6 Å². The van der Waals surface area contributed by atoms with Crippen molar-refractivity contribution in [3.05, 3.63) is 83.0 Å². The number of aldehydes is 2. The maximum atomic E-state index is 11.3. The molecule has 2 aromatic heterocycles. The van der Waals surface area contributed by atoms with E-state index in [0.717, 1.165) is 57.3 Å². The Bertz CT molecular complexity index is 1290. The summed E-state index contributed by atoms with van der Waals surface area (Å²) < 4.78 is 10.7. The molecule has 0 bridgehead atoms. The van der Waals surface area contributed by atoms with Crippen molar-refractivity contribution >= 4 is 12.6 Å². The van der Waals surface area contributed by atoms with Crippen molar-refractivity contribution in [2.75, 3.05) is 14.2 Å². The van der Waals surface area contributed by atoms with E-state index in [0.29, 0.717) is 22.8 Å². The molecule has 170 valence electrons. The van der Waals surface area contributed by atoms with Crippen LogP contribution in [0.1, 0.15) is 31.8 Å². The molecular weight excluding hydrogens is 428 g/mol. The Morgan fingerprint density at radius 1 is 0.765 bits per heavy atom. The number of rotatable bonds is 7. The molecule has 6 heteroatoms. The normalized spacial score (nSPS) is 10.6. The molecule has 0 saturated carbocycles. The highest BCUT2D eigenvalue weighted by Gasteiger charge is 2.16. The lowest BCUT2D eigenvalue weighted by molar-refractivity contribution is 0.111. The fourth-order valence-corrected chi connectivity index (χ4v) is 4.13. The average molecular weight is 453 g/mol. The number of aromatic nitrogens is 2. The third-order valence-electron chi connectivity index (χ3n) is 5.95. The van der Waals surface area contributed by atoms with Gasteiger partial charge in [-0.2, -0.15) is 0 Å². The first kappa shape index (κ1) is 22.9. The van der Waals surface area contributed by atoms with Crippen LogP contribution in [-0.2, 0) is 0 Å². The summed E-state index contributed by atoms with van der Waals surface area (Å²) in [4.78, 5) is 31.7. The summed E-state index contributed by atoms with van der Waals surface area (Å²) in [6.07, 6.45) is 3.29. The number of ether oxygens (including phenoxy) is 2. The van der Waals surface area contributed by atoms with Gasteiger partial charge in [0.25, 0.3) is 0 Å². The number of methoxy groups -OCH3 is 2. The van der Waals surface area contributed by atoms with Gasteiger partial charge in [0.1, 0.15) is 5.75 Å². The molecule has 2 heterocycles. The molecule has 4 rings (SSSR count). The smallest absolute Gasteiger partial charge is 0.224 e. The van der Waals surface area contributed by atoms with Crippen molar-refractivity contribution < 1.29 is 19.1 Å². The largest absolute Gasteiger partial charge is 0.496 e. The second kappa shape index (κ2) is 9.67. The summed E-state index contributed by atoms with van der Waals surface area (Å²) in [5.74, 6) is 0.809. The van der Waals surface area contributed by atoms with Crippen molar-refractivity contribution in [1.82, 2.24) is 9.97 Å². The van der Waals surface area contributed by atoms with Gasteiger partial charge in [-0.05, 0) is 66.4 Å². The van der Waals surface area contributed by atoms with Gasteiger partial charge >= 0.3 is 0 Å². The maximum Gasteiger partial charge on any atom is 0.224 e. The number of carbonyl (C=O) groups is 2. The van der Waals surface area contributed by atoms with Crippen molar-refractivity contribution in [2.24, 2.45) is 0 Å². The topological polar surface area (TPSA) is 78.4 Å². The summed E-state index contributed by atoms with van der Waals surface area (Å²) in [6.45, 7) is 4.08. The summed E-state index contributed by atoms with van der Waals surface area (Å²) in [5.41, 5.74) is 8.40. The first-order chi connectivity index (χ1) is 16.5. The second-order valence-electron chi connectivity index (χ2n) is 7.80. The number of carbonyl (C=O) groups excluding carboxylic acids is 2. The standard InChI is InChI=1S/C28H24N2O4/c1-17-22(6-5-7-24(17)25-11-10-21(16-32)28(30-25)34-4)23-12-13-29-27(18(23)2)19-8-9-20(15-31)26(14-19)33-3/h5-16H,1-4H3. The first-order valence-electron chi connectivity index (χ1n) is 10.7. The van der Waals surface area contributed by atoms with Crippen LogP contribution in [0.4, 0.5) is 0 Å². The van der Waals surface area contributed by atoms with Gasteiger partial charge in [0, 0.05) is 17.3 Å². The molecule has 0 aliphatic carbocycles. The van der Waals surface area contributed by atoms with Gasteiger partial charge in [-0.15, -0.1) is 0 Å². The number of nitrogens with zero attached hydrogens (tertiary/aromatic N) is 2. The number of hydrogen-bond donors (Lipinski definition) is 0. The van der Waals surface area contributed by atoms with E-state index in [1.165, 1.54) is 7.11 Å². The van der Waals surface area contributed by atoms with E-state index in [2.05, 4.69) is 16.0 Å². The predicted molar refractivity (Wildman–Crippen MR) is 132 cm³/mol. The molecule has 0 amide bonds. The molecule has 0 spiro atoms. The summed E-state index contributed by atoms with van der Waals surface area (Å²) in [6, 6.07) is 17.0. The first-order valence-corrected chi connectivity index (χ1v) is 10.7. The Balaban J connectivity index is 1.83. The van der Waals surface area contributed by atoms with Crippen molar-refractivity contribution in [2.45, 2.75) is 13.8 Å². The highest BCUT2D eigenvalue weighted by molar-refractivity contribution is 5.85. The zero-order valence-electron chi connectivity index (χ0n) is 19.5. The number of benzene rings is 2. The molecule has 0 atom stereocenters. The fraction of sp³-hybridized carbons (Fsp3) is 0.143. The third-order valence-corrected chi connectivity index (χ3v) is 5.95. The monoisotopic (exact) mass is 452 g/mol. The van der Waals surface area contributed by atoms with Crippen molar-refractivity contribution in [1.29, 1.82) is 0 Å². The molecule has 0 aliphatic rings.